The maximum Gasteiger partial charge on any atom is 0.472 e. The Balaban J connectivity index is 5.57. The summed E-state index contributed by atoms with van der Waals surface area (Å²) in [6.45, 7) is 7.83. The lowest BCUT2D eigenvalue weighted by atomic mass is 9.86. The van der Waals surface area contributed by atoms with Crippen molar-refractivity contribution >= 4 is 39.3 Å². The number of phosphoric acid groups is 4. The second-order valence-electron chi connectivity index (χ2n) is 12.0. The molecule has 0 aliphatic heterocycles. The van der Waals surface area contributed by atoms with Crippen molar-refractivity contribution in [3.8, 4) is 0 Å². The van der Waals surface area contributed by atoms with Crippen molar-refractivity contribution in [1.82, 2.24) is 10.8 Å². The number of phosphoric ester groups is 4. The third kappa shape index (κ3) is 21.7. The highest BCUT2D eigenvalue weighted by atomic mass is 31.2. The Morgan fingerprint density at radius 1 is 0.750 bits per heavy atom. The molecule has 7 atom stereocenters. The first-order valence-corrected chi connectivity index (χ1v) is 21.5. The van der Waals surface area contributed by atoms with Crippen LogP contribution in [0, 0.1) is 11.8 Å². The number of hydrogen-bond acceptors (Lipinski definition) is 12. The van der Waals surface area contributed by atoms with Crippen LogP contribution < -0.4 is 10.8 Å². The maximum absolute atomic E-state index is 13.1. The summed E-state index contributed by atoms with van der Waals surface area (Å²) in [5, 5.41) is 2.52. The Morgan fingerprint density at radius 2 is 1.25 bits per heavy atom. The molecule has 0 aromatic heterocycles. The monoisotopic (exact) mass is 780 g/mol. The predicted molar refractivity (Wildman–Crippen MR) is 174 cm³/mol. The number of halogens is 1. The first-order valence-electron chi connectivity index (χ1n) is 15.5. The van der Waals surface area contributed by atoms with E-state index < -0.39 is 80.2 Å². The van der Waals surface area contributed by atoms with Gasteiger partial charge in [0.2, 0.25) is 0 Å². The van der Waals surface area contributed by atoms with Gasteiger partial charge in [0, 0.05) is 18.4 Å². The normalized spacial score (nSPS) is 19.5. The number of nitrogens with one attached hydrogen (secondary N) is 2. The molecule has 0 aromatic rings. The van der Waals surface area contributed by atoms with Crippen molar-refractivity contribution in [2.75, 3.05) is 26.4 Å². The van der Waals surface area contributed by atoms with Crippen LogP contribution in [0.25, 0.3) is 0 Å². The zero-order valence-electron chi connectivity index (χ0n) is 28.3. The third-order valence-corrected chi connectivity index (χ3v) is 11.1. The molecule has 0 saturated heterocycles. The molecule has 0 spiro atoms. The lowest BCUT2D eigenvalue weighted by molar-refractivity contribution is -0.0187. The van der Waals surface area contributed by atoms with Crippen molar-refractivity contribution in [2.45, 2.75) is 116 Å². The van der Waals surface area contributed by atoms with Crippen LogP contribution in [0.1, 0.15) is 92.9 Å². The van der Waals surface area contributed by atoms with E-state index >= 15 is 0 Å². The summed E-state index contributed by atoms with van der Waals surface area (Å²) in [4.78, 5) is 57.5. The minimum atomic E-state index is -4.89. The van der Waals surface area contributed by atoms with Gasteiger partial charge in [0.05, 0.1) is 37.6 Å². The zero-order chi connectivity index (χ0) is 37.5. The molecule has 286 valence electrons. The summed E-state index contributed by atoms with van der Waals surface area (Å²) < 4.78 is 92.0. The van der Waals surface area contributed by atoms with Crippen molar-refractivity contribution in [3.63, 3.8) is 0 Å². The molecule has 24 heteroatoms. The highest BCUT2D eigenvalue weighted by Crippen LogP contribution is 2.53. The van der Waals surface area contributed by atoms with Gasteiger partial charge in [-0.2, -0.15) is 5.54 Å². The molecule has 18 nitrogen and oxygen atoms in total. The smallest absolute Gasteiger partial charge is 0.364 e. The lowest BCUT2D eigenvalue weighted by Gasteiger charge is -2.35. The van der Waals surface area contributed by atoms with Crippen LogP contribution in [0.3, 0.4) is 0 Å². The van der Waals surface area contributed by atoms with Crippen LogP contribution >= 0.6 is 31.3 Å². The molecule has 0 heterocycles. The molecule has 0 fully saturated rings. The van der Waals surface area contributed by atoms with Crippen molar-refractivity contribution < 1.29 is 79.2 Å². The Labute approximate surface area is 283 Å². The quantitative estimate of drug-likeness (QED) is 0.0298. The fourth-order valence-electron chi connectivity index (χ4n) is 4.82. The van der Waals surface area contributed by atoms with Gasteiger partial charge in [-0.25, -0.2) is 18.3 Å². The largest absolute Gasteiger partial charge is 0.472 e. The van der Waals surface area contributed by atoms with E-state index in [4.69, 9.17) is 45.6 Å². The molecule has 48 heavy (non-hydrogen) atoms. The van der Waals surface area contributed by atoms with Gasteiger partial charge < -0.3 is 34.6 Å². The second-order valence-corrected chi connectivity index (χ2v) is 17.2. The van der Waals surface area contributed by atoms with Crippen molar-refractivity contribution in [1.29, 1.82) is 0 Å². The van der Waals surface area contributed by atoms with E-state index in [0.717, 1.165) is 0 Å². The Bertz CT molecular complexity index is 1110. The van der Waals surface area contributed by atoms with E-state index in [1.165, 1.54) is 12.5 Å². The average molecular weight is 780 g/mol. The molecule has 0 rings (SSSR count). The molecule has 7 unspecified atom stereocenters. The van der Waals surface area contributed by atoms with Gasteiger partial charge in [0.15, 0.2) is 7.98 Å². The van der Waals surface area contributed by atoms with Gasteiger partial charge >= 0.3 is 31.3 Å². The fraction of sp³-hybridized carbons (Fsp3) is 1.00. The maximum atomic E-state index is 13.1. The topological polar surface area (TPSA) is 269 Å². The van der Waals surface area contributed by atoms with Crippen LogP contribution in [0.2, 0.25) is 0 Å². The minimum Gasteiger partial charge on any atom is -0.364 e. The van der Waals surface area contributed by atoms with Gasteiger partial charge in [-0.15, -0.1) is 4.48 Å². The SMILES string of the molecule is [B]NC(C)CC(COP(=O)(O)O)CC(C)(CC)OP(=O)(O)OCCC(CC)(CC)OP(=O)(O)OCC(COP(=O)(O)O)CC(CC)NF. The molecule has 0 aliphatic carbocycles. The second kappa shape index (κ2) is 21.8. The third-order valence-electron chi connectivity index (χ3n) is 7.88. The fourth-order valence-corrected chi connectivity index (χ4v) is 8.05. The molecular formula is C24H54BFN2O16P4. The summed E-state index contributed by atoms with van der Waals surface area (Å²) in [5.41, 5.74) is -1.16. The number of hydrogen-bond donors (Lipinski definition) is 8. The van der Waals surface area contributed by atoms with Crippen molar-refractivity contribution in [2.24, 2.45) is 11.8 Å². The molecule has 0 amide bonds. The van der Waals surface area contributed by atoms with Gasteiger partial charge in [-0.05, 0) is 63.8 Å². The van der Waals surface area contributed by atoms with E-state index in [2.05, 4.69) is 14.3 Å². The van der Waals surface area contributed by atoms with Gasteiger partial charge in [-0.3, -0.25) is 27.1 Å². The Hall–Kier alpha value is 0.355. The molecule has 8 N–H and O–H groups in total. The molecule has 2 radical (unpaired) electrons. The molecule has 0 saturated carbocycles. The van der Waals surface area contributed by atoms with E-state index in [9.17, 15) is 32.5 Å². The molecule has 0 bridgehead atoms. The minimum absolute atomic E-state index is 0.0337. The van der Waals surface area contributed by atoms with Crippen LogP contribution in [0.15, 0.2) is 0 Å². The first-order chi connectivity index (χ1) is 21.9. The average Bonchev–Trinajstić information content (AvgIpc) is 2.97. The lowest BCUT2D eigenvalue weighted by Crippen LogP contribution is -2.35. The first kappa shape index (κ1) is 48.4. The van der Waals surface area contributed by atoms with E-state index in [1.54, 1.807) is 34.6 Å². The van der Waals surface area contributed by atoms with Crippen LogP contribution in [0.4, 0.5) is 4.48 Å². The summed E-state index contributed by atoms with van der Waals surface area (Å²) in [6.07, 6.45) is 0.837. The molecular weight excluding hydrogens is 726 g/mol. The highest BCUT2D eigenvalue weighted by Gasteiger charge is 2.40. The standard InChI is InChI=1S/C24H54BFN2O16P4/c1-7-22(28-26)14-21(17-41-46(32,33)34)18-42-48(37,38)44-24(9-3,10-4)11-12-39-47(35,36)43-23(6,8-2)15-20(13-19(5)27-25)16-40-45(29,30)31/h19-22,27-28H,7-18H2,1-6H3,(H,35,36)(H,37,38)(H2,29,30,31)(H2,32,33,34). The molecule has 0 aliphatic rings. The van der Waals surface area contributed by atoms with Crippen LogP contribution in [0.5, 0.6) is 0 Å². The highest BCUT2D eigenvalue weighted by molar-refractivity contribution is 7.47. The molecule has 0 aromatic carbocycles. The van der Waals surface area contributed by atoms with Gasteiger partial charge in [0.1, 0.15) is 0 Å². The zero-order valence-corrected chi connectivity index (χ0v) is 31.9. The summed E-state index contributed by atoms with van der Waals surface area (Å²) in [6, 6.07) is -1.05. The predicted octanol–water partition coefficient (Wildman–Crippen LogP) is 4.31. The van der Waals surface area contributed by atoms with E-state index in [1.807, 2.05) is 0 Å². The Kier molecular flexibility index (Phi) is 21.9. The summed E-state index contributed by atoms with van der Waals surface area (Å²) in [7, 11) is -13.9. The van der Waals surface area contributed by atoms with Crippen LogP contribution in [-0.4, -0.2) is 87.1 Å². The van der Waals surface area contributed by atoms with Gasteiger partial charge in [0.25, 0.3) is 0 Å². The summed E-state index contributed by atoms with van der Waals surface area (Å²) in [5.74, 6) is -1.48. The summed E-state index contributed by atoms with van der Waals surface area (Å²) >= 11 is 0. The Morgan fingerprint density at radius 3 is 1.69 bits per heavy atom. The van der Waals surface area contributed by atoms with Crippen LogP contribution in [-0.2, 0) is 45.4 Å². The van der Waals surface area contributed by atoms with Crippen molar-refractivity contribution in [3.05, 3.63) is 0 Å². The number of rotatable bonds is 29. The van der Waals surface area contributed by atoms with E-state index in [-0.39, 0.29) is 64.0 Å². The van der Waals surface area contributed by atoms with Gasteiger partial charge in [-0.1, -0.05) is 34.6 Å². The van der Waals surface area contributed by atoms with E-state index in [0.29, 0.717) is 0 Å².